The van der Waals surface area contributed by atoms with Crippen molar-refractivity contribution in [3.05, 3.63) is 82.2 Å². The van der Waals surface area contributed by atoms with Gasteiger partial charge in [0.1, 0.15) is 0 Å². The molecular formula is C24H22BrN3O4. The molecule has 0 radical (unpaired) electrons. The van der Waals surface area contributed by atoms with Crippen LogP contribution in [0, 0.1) is 0 Å². The molecule has 2 heterocycles. The Morgan fingerprint density at radius 3 is 2.31 bits per heavy atom. The molecule has 0 saturated carbocycles. The standard InChI is InChI=1S/C24H22BrN3O4/c1-27(24(31)20-12-13-21(25)32-20)19-7-3-2-6-18(19)22(29)26-17-10-8-16(9-11-17)23(30)28-14-4-5-15-28/h2-3,6-13H,4-5,14-15H2,1H3,(H,26,29). The predicted molar refractivity (Wildman–Crippen MR) is 125 cm³/mol. The van der Waals surface area contributed by atoms with Crippen LogP contribution in [0.1, 0.15) is 44.1 Å². The van der Waals surface area contributed by atoms with Crippen LogP contribution in [-0.4, -0.2) is 42.8 Å². The van der Waals surface area contributed by atoms with Gasteiger partial charge in [0.05, 0.1) is 11.3 Å². The second-order valence-electron chi connectivity index (χ2n) is 7.52. The second kappa shape index (κ2) is 9.40. The fraction of sp³-hybridized carbons (Fsp3) is 0.208. The average molecular weight is 496 g/mol. The zero-order valence-electron chi connectivity index (χ0n) is 17.5. The number of likely N-dealkylation sites (tertiary alicyclic amines) is 1. The Morgan fingerprint density at radius 2 is 1.66 bits per heavy atom. The van der Waals surface area contributed by atoms with E-state index in [0.717, 1.165) is 25.9 Å². The molecule has 2 aromatic carbocycles. The first-order valence-corrected chi connectivity index (χ1v) is 11.1. The van der Waals surface area contributed by atoms with Crippen LogP contribution in [0.4, 0.5) is 11.4 Å². The van der Waals surface area contributed by atoms with Gasteiger partial charge in [0.15, 0.2) is 10.4 Å². The maximum Gasteiger partial charge on any atom is 0.293 e. The number of para-hydroxylation sites is 1. The highest BCUT2D eigenvalue weighted by molar-refractivity contribution is 9.10. The third kappa shape index (κ3) is 4.60. The Bertz CT molecular complexity index is 1150. The molecule has 1 aliphatic rings. The third-order valence-corrected chi connectivity index (χ3v) is 5.81. The lowest BCUT2D eigenvalue weighted by atomic mass is 10.1. The molecule has 3 aromatic rings. The number of furan rings is 1. The molecule has 0 atom stereocenters. The third-order valence-electron chi connectivity index (χ3n) is 5.38. The molecule has 1 saturated heterocycles. The molecule has 164 valence electrons. The van der Waals surface area contributed by atoms with Crippen molar-refractivity contribution < 1.29 is 18.8 Å². The monoisotopic (exact) mass is 495 g/mol. The van der Waals surface area contributed by atoms with Crippen molar-refractivity contribution in [2.75, 3.05) is 30.4 Å². The lowest BCUT2D eigenvalue weighted by Crippen LogP contribution is -2.28. The summed E-state index contributed by atoms with van der Waals surface area (Å²) in [5, 5.41) is 2.84. The first-order chi connectivity index (χ1) is 15.4. The second-order valence-corrected chi connectivity index (χ2v) is 8.30. The maximum atomic E-state index is 13.0. The topological polar surface area (TPSA) is 82.9 Å². The number of hydrogen-bond donors (Lipinski definition) is 1. The maximum absolute atomic E-state index is 13.0. The van der Waals surface area contributed by atoms with Crippen LogP contribution >= 0.6 is 15.9 Å². The van der Waals surface area contributed by atoms with Crippen molar-refractivity contribution in [1.82, 2.24) is 4.90 Å². The summed E-state index contributed by atoms with van der Waals surface area (Å²) in [7, 11) is 1.59. The number of hydrogen-bond acceptors (Lipinski definition) is 4. The summed E-state index contributed by atoms with van der Waals surface area (Å²) >= 11 is 3.19. The lowest BCUT2D eigenvalue weighted by Gasteiger charge is -2.19. The van der Waals surface area contributed by atoms with Crippen LogP contribution in [-0.2, 0) is 0 Å². The van der Waals surface area contributed by atoms with Gasteiger partial charge in [0.25, 0.3) is 17.7 Å². The van der Waals surface area contributed by atoms with Crippen molar-refractivity contribution in [2.24, 2.45) is 0 Å². The Balaban J connectivity index is 1.49. The van der Waals surface area contributed by atoms with Crippen molar-refractivity contribution in [2.45, 2.75) is 12.8 Å². The smallest absolute Gasteiger partial charge is 0.293 e. The van der Waals surface area contributed by atoms with Crippen molar-refractivity contribution >= 4 is 45.0 Å². The van der Waals surface area contributed by atoms with Crippen LogP contribution in [0.2, 0.25) is 0 Å². The zero-order valence-corrected chi connectivity index (χ0v) is 19.1. The summed E-state index contributed by atoms with van der Waals surface area (Å²) < 4.78 is 5.80. The molecule has 32 heavy (non-hydrogen) atoms. The van der Waals surface area contributed by atoms with Gasteiger partial charge in [-0.15, -0.1) is 0 Å². The number of amides is 3. The highest BCUT2D eigenvalue weighted by atomic mass is 79.9. The minimum Gasteiger partial charge on any atom is -0.444 e. The minimum absolute atomic E-state index is 0.00965. The van der Waals surface area contributed by atoms with E-state index in [1.54, 1.807) is 67.7 Å². The van der Waals surface area contributed by atoms with Gasteiger partial charge in [-0.2, -0.15) is 0 Å². The van der Waals surface area contributed by atoms with Crippen LogP contribution in [0.15, 0.2) is 69.8 Å². The number of rotatable bonds is 5. The number of halogens is 1. The SMILES string of the molecule is CN(C(=O)c1ccc(Br)o1)c1ccccc1C(=O)Nc1ccc(C(=O)N2CCCC2)cc1. The minimum atomic E-state index is -0.374. The predicted octanol–water partition coefficient (Wildman–Crippen LogP) is 4.81. The molecule has 0 aliphatic carbocycles. The molecule has 0 spiro atoms. The van der Waals surface area contributed by atoms with E-state index in [1.165, 1.54) is 4.90 Å². The van der Waals surface area contributed by atoms with E-state index in [-0.39, 0.29) is 23.5 Å². The number of nitrogens with zero attached hydrogens (tertiary/aromatic N) is 2. The number of carbonyl (C=O) groups excluding carboxylic acids is 3. The summed E-state index contributed by atoms with van der Waals surface area (Å²) in [4.78, 5) is 41.4. The number of nitrogens with one attached hydrogen (secondary N) is 1. The highest BCUT2D eigenvalue weighted by Gasteiger charge is 2.22. The number of anilines is 2. The quantitative estimate of drug-likeness (QED) is 0.550. The molecule has 1 aliphatic heterocycles. The van der Waals surface area contributed by atoms with E-state index in [4.69, 9.17) is 4.42 Å². The zero-order chi connectivity index (χ0) is 22.7. The van der Waals surface area contributed by atoms with Crippen LogP contribution < -0.4 is 10.2 Å². The highest BCUT2D eigenvalue weighted by Crippen LogP contribution is 2.24. The van der Waals surface area contributed by atoms with Crippen molar-refractivity contribution in [3.8, 4) is 0 Å². The fourth-order valence-corrected chi connectivity index (χ4v) is 3.97. The van der Waals surface area contributed by atoms with Gasteiger partial charge < -0.3 is 19.5 Å². The van der Waals surface area contributed by atoms with Crippen LogP contribution in [0.3, 0.4) is 0 Å². The molecule has 4 rings (SSSR count). The first kappa shape index (κ1) is 21.8. The van der Waals surface area contributed by atoms with Gasteiger partial charge >= 0.3 is 0 Å². The largest absolute Gasteiger partial charge is 0.444 e. The van der Waals surface area contributed by atoms with Gasteiger partial charge in [0.2, 0.25) is 0 Å². The molecule has 1 N–H and O–H groups in total. The van der Waals surface area contributed by atoms with E-state index < -0.39 is 0 Å². The lowest BCUT2D eigenvalue weighted by molar-refractivity contribution is 0.0792. The fourth-order valence-electron chi connectivity index (χ4n) is 3.66. The summed E-state index contributed by atoms with van der Waals surface area (Å²) in [5.74, 6) is -0.566. The van der Waals surface area contributed by atoms with Gasteiger partial charge in [-0.1, -0.05) is 12.1 Å². The van der Waals surface area contributed by atoms with Gasteiger partial charge in [-0.3, -0.25) is 14.4 Å². The van der Waals surface area contributed by atoms with Crippen molar-refractivity contribution in [3.63, 3.8) is 0 Å². The summed E-state index contributed by atoms with van der Waals surface area (Å²) in [6.45, 7) is 1.57. The van der Waals surface area contributed by atoms with Crippen LogP contribution in [0.25, 0.3) is 0 Å². The Hall–Kier alpha value is -3.39. The molecular weight excluding hydrogens is 474 g/mol. The van der Waals surface area contributed by atoms with E-state index in [9.17, 15) is 14.4 Å². The Kier molecular flexibility index (Phi) is 6.41. The molecule has 7 nitrogen and oxygen atoms in total. The molecule has 1 fully saturated rings. The van der Waals surface area contributed by atoms with Gasteiger partial charge in [0, 0.05) is 31.4 Å². The number of carbonyl (C=O) groups is 3. The molecule has 3 amide bonds. The number of benzene rings is 2. The van der Waals surface area contributed by atoms with E-state index in [0.29, 0.717) is 27.2 Å². The van der Waals surface area contributed by atoms with Gasteiger partial charge in [-0.05, 0) is 77.3 Å². The average Bonchev–Trinajstić information content (AvgIpc) is 3.50. The molecule has 0 unspecified atom stereocenters. The normalized spacial score (nSPS) is 13.1. The molecule has 1 aromatic heterocycles. The summed E-state index contributed by atoms with van der Waals surface area (Å²) in [5.41, 5.74) is 1.95. The van der Waals surface area contributed by atoms with Crippen molar-refractivity contribution in [1.29, 1.82) is 0 Å². The first-order valence-electron chi connectivity index (χ1n) is 10.3. The molecule has 8 heteroatoms. The van der Waals surface area contributed by atoms with E-state index in [1.807, 2.05) is 4.90 Å². The Morgan fingerprint density at radius 1 is 0.969 bits per heavy atom. The van der Waals surface area contributed by atoms with E-state index >= 15 is 0 Å². The van der Waals surface area contributed by atoms with Gasteiger partial charge in [-0.25, -0.2) is 0 Å². The summed E-state index contributed by atoms with van der Waals surface area (Å²) in [6, 6.07) is 16.9. The summed E-state index contributed by atoms with van der Waals surface area (Å²) in [6.07, 6.45) is 2.07. The van der Waals surface area contributed by atoms with Crippen LogP contribution in [0.5, 0.6) is 0 Å². The van der Waals surface area contributed by atoms with E-state index in [2.05, 4.69) is 21.2 Å². The molecule has 0 bridgehead atoms. The Labute approximate surface area is 194 Å².